The molecule has 0 atom stereocenters. The Hall–Kier alpha value is -2.92. The van der Waals surface area contributed by atoms with Gasteiger partial charge in [0.05, 0.1) is 6.42 Å². The first-order valence-electron chi connectivity index (χ1n) is 7.73. The van der Waals surface area contributed by atoms with Crippen LogP contribution in [0.25, 0.3) is 0 Å². The smallest absolute Gasteiger partial charge is 0.246 e. The number of para-hydroxylation sites is 1. The van der Waals surface area contributed by atoms with Crippen molar-refractivity contribution in [2.24, 2.45) is 0 Å². The molecule has 0 unspecified atom stereocenters. The van der Waals surface area contributed by atoms with E-state index < -0.39 is 0 Å². The summed E-state index contributed by atoms with van der Waals surface area (Å²) in [5.41, 5.74) is 2.21. The van der Waals surface area contributed by atoms with Gasteiger partial charge in [-0.1, -0.05) is 30.3 Å². The van der Waals surface area contributed by atoms with Gasteiger partial charge in [-0.25, -0.2) is 4.98 Å². The minimum absolute atomic E-state index is 0.0930. The van der Waals surface area contributed by atoms with E-state index in [0.29, 0.717) is 5.69 Å². The number of aromatic nitrogens is 2. The molecule has 0 fully saturated rings. The van der Waals surface area contributed by atoms with E-state index in [9.17, 15) is 9.59 Å². The maximum absolute atomic E-state index is 12.3. The van der Waals surface area contributed by atoms with E-state index in [1.807, 2.05) is 54.6 Å². The zero-order valence-corrected chi connectivity index (χ0v) is 14.1. The predicted molar refractivity (Wildman–Crippen MR) is 97.3 cm³/mol. The van der Waals surface area contributed by atoms with E-state index in [1.54, 1.807) is 17.3 Å². The molecule has 1 aromatic heterocycles. The van der Waals surface area contributed by atoms with E-state index in [1.165, 1.54) is 10.9 Å². The van der Waals surface area contributed by atoms with Crippen molar-refractivity contribution in [2.75, 3.05) is 10.8 Å². The Kier molecular flexibility index (Phi) is 5.26. The van der Waals surface area contributed by atoms with Crippen molar-refractivity contribution in [3.63, 3.8) is 0 Å². The van der Waals surface area contributed by atoms with Gasteiger partial charge in [0.1, 0.15) is 12.2 Å². The minimum Gasteiger partial charge on any atom is -0.280 e. The van der Waals surface area contributed by atoms with E-state index in [-0.39, 0.29) is 24.1 Å². The van der Waals surface area contributed by atoms with Gasteiger partial charge in [0.15, 0.2) is 0 Å². The van der Waals surface area contributed by atoms with E-state index in [4.69, 9.17) is 11.6 Å². The van der Waals surface area contributed by atoms with Crippen molar-refractivity contribution < 1.29 is 9.59 Å². The van der Waals surface area contributed by atoms with Crippen molar-refractivity contribution in [3.05, 3.63) is 78.9 Å². The summed E-state index contributed by atoms with van der Waals surface area (Å²) in [5, 5.41) is 0. The number of carbonyl (C=O) groups is 2. The Bertz CT molecular complexity index is 863. The summed E-state index contributed by atoms with van der Waals surface area (Å²) in [6.45, 7) is 0. The lowest BCUT2D eigenvalue weighted by Gasteiger charge is -2.22. The van der Waals surface area contributed by atoms with Crippen LogP contribution in [0.4, 0.5) is 11.4 Å². The van der Waals surface area contributed by atoms with E-state index in [2.05, 4.69) is 4.98 Å². The van der Waals surface area contributed by atoms with Crippen LogP contribution in [-0.2, 0) is 11.2 Å². The summed E-state index contributed by atoms with van der Waals surface area (Å²) < 4.78 is 1.44. The van der Waals surface area contributed by atoms with Crippen LogP contribution in [0.3, 0.4) is 0 Å². The molecule has 3 rings (SSSR count). The lowest BCUT2D eigenvalue weighted by Crippen LogP contribution is -2.27. The monoisotopic (exact) mass is 353 g/mol. The lowest BCUT2D eigenvalue weighted by atomic mass is 10.1. The third-order valence-electron chi connectivity index (χ3n) is 3.69. The fourth-order valence-electron chi connectivity index (χ4n) is 2.55. The fourth-order valence-corrected chi connectivity index (χ4v) is 2.67. The summed E-state index contributed by atoms with van der Waals surface area (Å²) in [6.07, 6.45) is 4.85. The molecule has 126 valence electrons. The maximum atomic E-state index is 12.3. The predicted octanol–water partition coefficient (Wildman–Crippen LogP) is 3.67. The molecule has 2 aromatic carbocycles. The fraction of sp³-hybridized carbons (Fsp3) is 0.105. The number of halogens is 1. The first-order valence-corrected chi connectivity index (χ1v) is 8.26. The number of amides is 1. The first-order chi connectivity index (χ1) is 12.2. The summed E-state index contributed by atoms with van der Waals surface area (Å²) in [6, 6.07) is 16.6. The van der Waals surface area contributed by atoms with Gasteiger partial charge in [-0.3, -0.25) is 19.1 Å². The third-order valence-corrected chi connectivity index (χ3v) is 3.92. The Morgan fingerprint density at radius 1 is 1.04 bits per heavy atom. The van der Waals surface area contributed by atoms with Gasteiger partial charge in [0.2, 0.25) is 11.8 Å². The second-order valence-corrected chi connectivity index (χ2v) is 5.68. The molecule has 0 saturated heterocycles. The highest BCUT2D eigenvalue weighted by Crippen LogP contribution is 2.26. The van der Waals surface area contributed by atoms with Crippen LogP contribution >= 0.6 is 11.6 Å². The Balaban J connectivity index is 1.90. The van der Waals surface area contributed by atoms with Gasteiger partial charge < -0.3 is 0 Å². The Labute approximate surface area is 150 Å². The van der Waals surface area contributed by atoms with Crippen LogP contribution in [0.2, 0.25) is 0 Å². The quantitative estimate of drug-likeness (QED) is 0.658. The SMILES string of the molecule is O=C(CCl)N(c1ccccc1)c1cccc(CC(=O)n2ccnc2)c1. The standard InChI is InChI=1S/C19H16ClN3O2/c20-13-19(25)23(16-6-2-1-3-7-16)17-8-4-5-15(11-17)12-18(24)22-10-9-21-14-22/h1-11,14H,12-13H2. The number of carbonyl (C=O) groups excluding carboxylic acids is 2. The van der Waals surface area contributed by atoms with Crippen LogP contribution in [0.5, 0.6) is 0 Å². The summed E-state index contributed by atoms with van der Waals surface area (Å²) in [4.78, 5) is 30.0. The van der Waals surface area contributed by atoms with Gasteiger partial charge >= 0.3 is 0 Å². The second kappa shape index (κ2) is 7.77. The number of anilines is 2. The van der Waals surface area contributed by atoms with Crippen LogP contribution < -0.4 is 4.90 Å². The number of benzene rings is 2. The topological polar surface area (TPSA) is 55.2 Å². The number of hydrogen-bond donors (Lipinski definition) is 0. The molecule has 0 saturated carbocycles. The van der Waals surface area contributed by atoms with E-state index in [0.717, 1.165) is 11.3 Å². The summed E-state index contributed by atoms with van der Waals surface area (Å²) in [5.74, 6) is -0.455. The lowest BCUT2D eigenvalue weighted by molar-refractivity contribution is -0.115. The van der Waals surface area contributed by atoms with Crippen LogP contribution in [0.1, 0.15) is 10.4 Å². The maximum Gasteiger partial charge on any atom is 0.246 e. The molecule has 3 aromatic rings. The molecule has 0 spiro atoms. The Morgan fingerprint density at radius 2 is 1.80 bits per heavy atom. The molecule has 1 heterocycles. The first kappa shape index (κ1) is 16.9. The zero-order valence-electron chi connectivity index (χ0n) is 13.4. The molecule has 0 aliphatic rings. The molecular weight excluding hydrogens is 338 g/mol. The molecule has 5 nitrogen and oxygen atoms in total. The van der Waals surface area contributed by atoms with Crippen LogP contribution in [0, 0.1) is 0 Å². The molecule has 0 bridgehead atoms. The van der Waals surface area contributed by atoms with Crippen molar-refractivity contribution in [1.29, 1.82) is 0 Å². The van der Waals surface area contributed by atoms with Crippen molar-refractivity contribution >= 4 is 34.8 Å². The van der Waals surface area contributed by atoms with Crippen molar-refractivity contribution in [2.45, 2.75) is 6.42 Å². The average molecular weight is 354 g/mol. The van der Waals surface area contributed by atoms with Crippen LogP contribution in [-0.4, -0.2) is 27.2 Å². The number of alkyl halides is 1. The summed E-state index contributed by atoms with van der Waals surface area (Å²) in [7, 11) is 0. The van der Waals surface area contributed by atoms with Gasteiger partial charge in [-0.15, -0.1) is 11.6 Å². The molecular formula is C19H16ClN3O2. The molecule has 0 aliphatic heterocycles. The largest absolute Gasteiger partial charge is 0.280 e. The van der Waals surface area contributed by atoms with Gasteiger partial charge in [0.25, 0.3) is 0 Å². The Morgan fingerprint density at radius 3 is 2.48 bits per heavy atom. The van der Waals surface area contributed by atoms with Gasteiger partial charge in [-0.05, 0) is 29.8 Å². The number of imidazole rings is 1. The molecule has 0 radical (unpaired) electrons. The van der Waals surface area contributed by atoms with Gasteiger partial charge in [0, 0.05) is 23.8 Å². The molecule has 25 heavy (non-hydrogen) atoms. The highest BCUT2D eigenvalue weighted by molar-refractivity contribution is 6.30. The number of nitrogens with zero attached hydrogens (tertiary/aromatic N) is 3. The highest BCUT2D eigenvalue weighted by Gasteiger charge is 2.17. The number of hydrogen-bond acceptors (Lipinski definition) is 3. The minimum atomic E-state index is -0.231. The highest BCUT2D eigenvalue weighted by atomic mass is 35.5. The zero-order chi connectivity index (χ0) is 17.6. The average Bonchev–Trinajstić information content (AvgIpc) is 3.18. The van der Waals surface area contributed by atoms with E-state index >= 15 is 0 Å². The van der Waals surface area contributed by atoms with Crippen LogP contribution in [0.15, 0.2) is 73.3 Å². The van der Waals surface area contributed by atoms with Crippen molar-refractivity contribution in [1.82, 2.24) is 9.55 Å². The summed E-state index contributed by atoms with van der Waals surface area (Å²) >= 11 is 5.78. The molecule has 0 N–H and O–H groups in total. The molecule has 1 amide bonds. The molecule has 0 aliphatic carbocycles. The second-order valence-electron chi connectivity index (χ2n) is 5.41. The normalized spacial score (nSPS) is 10.4. The molecule has 6 heteroatoms. The van der Waals surface area contributed by atoms with Gasteiger partial charge in [-0.2, -0.15) is 0 Å². The third kappa shape index (κ3) is 3.95. The number of rotatable bonds is 5. The van der Waals surface area contributed by atoms with Crippen molar-refractivity contribution in [3.8, 4) is 0 Å².